The van der Waals surface area contributed by atoms with Crippen LogP contribution in [0.1, 0.15) is 29.9 Å². The molecule has 0 saturated carbocycles. The molecule has 2 heterocycles. The van der Waals surface area contributed by atoms with Gasteiger partial charge in [0.2, 0.25) is 0 Å². The highest BCUT2D eigenvalue weighted by Crippen LogP contribution is 2.50. The van der Waals surface area contributed by atoms with Gasteiger partial charge in [0.15, 0.2) is 0 Å². The highest BCUT2D eigenvalue weighted by molar-refractivity contribution is 7.57. The highest BCUT2D eigenvalue weighted by Gasteiger charge is 2.19. The van der Waals surface area contributed by atoms with Gasteiger partial charge in [-0.15, -0.1) is 0 Å². The summed E-state index contributed by atoms with van der Waals surface area (Å²) in [7, 11) is -3.37. The first-order valence-electron chi connectivity index (χ1n) is 12.7. The van der Waals surface area contributed by atoms with Gasteiger partial charge in [0, 0.05) is 34.8 Å². The molecule has 2 aromatic heterocycles. The fourth-order valence-electron chi connectivity index (χ4n) is 4.43. The maximum Gasteiger partial charge on any atom is 0.354 e. The van der Waals surface area contributed by atoms with Crippen LogP contribution in [0.4, 0.5) is 5.69 Å². The number of rotatable bonds is 9. The number of carbonyl (C=O) groups is 1. The Morgan fingerprint density at radius 3 is 2.46 bits per heavy atom. The van der Waals surface area contributed by atoms with Crippen molar-refractivity contribution in [2.75, 3.05) is 18.5 Å². The van der Waals surface area contributed by atoms with Gasteiger partial charge in [-0.2, -0.15) is 0 Å². The van der Waals surface area contributed by atoms with Crippen LogP contribution in [0.5, 0.6) is 0 Å². The van der Waals surface area contributed by atoms with E-state index in [0.29, 0.717) is 16.9 Å². The number of nitrogens with one attached hydrogen (secondary N) is 1. The van der Waals surface area contributed by atoms with Gasteiger partial charge in [-0.25, -0.2) is 4.98 Å². The van der Waals surface area contributed by atoms with Crippen molar-refractivity contribution in [3.63, 3.8) is 0 Å². The third kappa shape index (κ3) is 5.96. The molecular weight excluding hydrogens is 509 g/mol. The number of carbonyl (C=O) groups excluding carboxylic acids is 1. The van der Waals surface area contributed by atoms with Crippen LogP contribution in [0, 0.1) is 0 Å². The van der Waals surface area contributed by atoms with Gasteiger partial charge in [-0.05, 0) is 66.6 Å². The van der Waals surface area contributed by atoms with E-state index in [4.69, 9.17) is 14.0 Å². The van der Waals surface area contributed by atoms with E-state index < -0.39 is 7.60 Å². The number of amides is 1. The summed E-state index contributed by atoms with van der Waals surface area (Å²) in [5.74, 6) is 1.20. The molecule has 196 valence electrons. The Labute approximate surface area is 227 Å². The zero-order chi connectivity index (χ0) is 27.2. The second kappa shape index (κ2) is 11.7. The van der Waals surface area contributed by atoms with Crippen LogP contribution in [0.2, 0.25) is 0 Å². The fourth-order valence-corrected chi connectivity index (χ4v) is 5.73. The predicted molar refractivity (Wildman–Crippen MR) is 157 cm³/mol. The third-order valence-corrected chi connectivity index (χ3v) is 7.87. The van der Waals surface area contributed by atoms with Gasteiger partial charge < -0.3 is 14.4 Å². The Morgan fingerprint density at radius 2 is 1.69 bits per heavy atom. The smallest absolute Gasteiger partial charge is 0.322 e. The lowest BCUT2D eigenvalue weighted by Crippen LogP contribution is -2.12. The second-order valence-electron chi connectivity index (χ2n) is 8.75. The monoisotopic (exact) mass is 537 g/mol. The lowest BCUT2D eigenvalue weighted by atomic mass is 9.95. The fraction of sp³-hybridized carbons (Fsp3) is 0.129. The van der Waals surface area contributed by atoms with E-state index in [9.17, 15) is 9.36 Å². The quantitative estimate of drug-likeness (QED) is 0.192. The summed E-state index contributed by atoms with van der Waals surface area (Å²) in [5, 5.41) is 6.01. The van der Waals surface area contributed by atoms with E-state index in [0.717, 1.165) is 32.8 Å². The molecule has 0 aliphatic rings. The summed E-state index contributed by atoms with van der Waals surface area (Å²) in [6.45, 7) is 4.08. The van der Waals surface area contributed by atoms with Crippen molar-refractivity contribution in [3.05, 3.63) is 108 Å². The number of fused-ring (bicyclic) bond motifs is 2. The van der Waals surface area contributed by atoms with E-state index in [2.05, 4.69) is 28.5 Å². The first-order chi connectivity index (χ1) is 19.0. The van der Waals surface area contributed by atoms with E-state index in [1.165, 1.54) is 12.0 Å². The molecule has 5 aromatic rings. The van der Waals surface area contributed by atoms with Crippen molar-refractivity contribution in [2.45, 2.75) is 13.8 Å². The molecule has 0 aliphatic heterocycles. The largest absolute Gasteiger partial charge is 0.354 e. The number of hydrogen-bond donors (Lipinski definition) is 1. The van der Waals surface area contributed by atoms with Crippen molar-refractivity contribution in [1.82, 2.24) is 9.97 Å². The van der Waals surface area contributed by atoms with Crippen molar-refractivity contribution in [1.29, 1.82) is 0 Å². The average Bonchev–Trinajstić information content (AvgIpc) is 2.96. The molecule has 8 heteroatoms. The summed E-state index contributed by atoms with van der Waals surface area (Å²) in [6.07, 6.45) is 4.83. The topological polar surface area (TPSA) is 90.4 Å². The van der Waals surface area contributed by atoms with Gasteiger partial charge in [-0.1, -0.05) is 48.5 Å². The van der Waals surface area contributed by atoms with Crippen molar-refractivity contribution in [2.24, 2.45) is 0 Å². The van der Waals surface area contributed by atoms with E-state index in [1.807, 2.05) is 48.5 Å². The third-order valence-electron chi connectivity index (χ3n) is 6.12. The predicted octanol–water partition coefficient (Wildman–Crippen LogP) is 7.94. The Kier molecular flexibility index (Phi) is 7.94. The number of nitrogens with zero attached hydrogens (tertiary/aromatic N) is 2. The van der Waals surface area contributed by atoms with Crippen LogP contribution < -0.4 is 5.32 Å². The minimum atomic E-state index is -3.37. The van der Waals surface area contributed by atoms with E-state index in [1.54, 1.807) is 38.3 Å². The minimum Gasteiger partial charge on any atom is -0.322 e. The molecule has 5 rings (SSSR count). The number of anilines is 1. The Balaban J connectivity index is 1.64. The molecule has 0 atom stereocenters. The zero-order valence-electron chi connectivity index (χ0n) is 21.7. The van der Waals surface area contributed by atoms with Crippen LogP contribution >= 0.6 is 7.60 Å². The van der Waals surface area contributed by atoms with Crippen LogP contribution in [-0.4, -0.2) is 29.1 Å². The molecule has 0 aliphatic carbocycles. The van der Waals surface area contributed by atoms with Crippen molar-refractivity contribution < 1.29 is 18.4 Å². The summed E-state index contributed by atoms with van der Waals surface area (Å²) >= 11 is 0. The summed E-state index contributed by atoms with van der Waals surface area (Å²) in [4.78, 5) is 21.9. The Bertz CT molecular complexity index is 1700. The van der Waals surface area contributed by atoms with Crippen LogP contribution in [0.15, 0.2) is 97.1 Å². The Morgan fingerprint density at radius 1 is 0.897 bits per heavy atom. The standard InChI is InChI=1S/C31H28N3O4P/c1-3-37-39(36,38-4-2)18-16-25-15-14-23-19-26(34-31(35)24-11-8-17-32-21-24)20-29(30(23)33-25)28-13-7-10-22-9-5-6-12-27(22)28/h5-21H,3-4H2,1-2H3,(H,34,35). The SMILES string of the molecule is CCOP(=O)(C=Cc1ccc2cc(NC(=O)c3cccnc3)cc(-c3cccc4ccccc34)c2n1)OCC. The molecule has 0 fully saturated rings. The van der Waals surface area contributed by atoms with Crippen LogP contribution in [-0.2, 0) is 13.6 Å². The first kappa shape index (κ1) is 26.4. The van der Waals surface area contributed by atoms with Crippen LogP contribution in [0.25, 0.3) is 38.9 Å². The maximum absolute atomic E-state index is 12.9. The molecule has 0 radical (unpaired) electrons. The van der Waals surface area contributed by atoms with E-state index in [-0.39, 0.29) is 19.1 Å². The van der Waals surface area contributed by atoms with Crippen LogP contribution in [0.3, 0.4) is 0 Å². The first-order valence-corrected chi connectivity index (χ1v) is 14.3. The molecule has 0 bridgehead atoms. The van der Waals surface area contributed by atoms with Crippen molar-refractivity contribution >= 4 is 46.9 Å². The summed E-state index contributed by atoms with van der Waals surface area (Å²) in [6, 6.07) is 25.3. The molecule has 3 aromatic carbocycles. The molecule has 0 saturated heterocycles. The maximum atomic E-state index is 12.9. The Hall–Kier alpha value is -4.16. The second-order valence-corrected chi connectivity index (χ2v) is 10.6. The number of hydrogen-bond acceptors (Lipinski definition) is 6. The lowest BCUT2D eigenvalue weighted by molar-refractivity contribution is 0.102. The molecule has 1 amide bonds. The highest BCUT2D eigenvalue weighted by atomic mass is 31.2. The lowest BCUT2D eigenvalue weighted by Gasteiger charge is -2.14. The van der Waals surface area contributed by atoms with Gasteiger partial charge >= 0.3 is 7.60 Å². The van der Waals surface area contributed by atoms with Gasteiger partial charge in [0.25, 0.3) is 5.91 Å². The van der Waals surface area contributed by atoms with Gasteiger partial charge in [0.1, 0.15) is 0 Å². The number of aromatic nitrogens is 2. The summed E-state index contributed by atoms with van der Waals surface area (Å²) in [5.41, 5.74) is 4.31. The number of benzene rings is 3. The van der Waals surface area contributed by atoms with Crippen molar-refractivity contribution in [3.8, 4) is 11.1 Å². The van der Waals surface area contributed by atoms with Gasteiger partial charge in [0.05, 0.1) is 30.0 Å². The molecular formula is C31H28N3O4P. The van der Waals surface area contributed by atoms with E-state index >= 15 is 0 Å². The normalized spacial score (nSPS) is 11.8. The molecule has 39 heavy (non-hydrogen) atoms. The van der Waals surface area contributed by atoms with Gasteiger partial charge in [-0.3, -0.25) is 14.3 Å². The molecule has 7 nitrogen and oxygen atoms in total. The summed E-state index contributed by atoms with van der Waals surface area (Å²) < 4.78 is 23.7. The molecule has 0 unspecified atom stereocenters. The molecule has 0 spiro atoms. The molecule has 1 N–H and O–H groups in total. The zero-order valence-corrected chi connectivity index (χ0v) is 22.6. The average molecular weight is 538 g/mol. The minimum absolute atomic E-state index is 0.249. The number of pyridine rings is 2.